The second-order valence-electron chi connectivity index (χ2n) is 7.61. The van der Waals surface area contributed by atoms with Crippen molar-refractivity contribution in [2.24, 2.45) is 5.73 Å². The number of hydrogen-bond acceptors (Lipinski definition) is 8. The van der Waals surface area contributed by atoms with E-state index in [1.807, 2.05) is 6.92 Å². The molecule has 0 aliphatic carbocycles. The Bertz CT molecular complexity index is 1010. The van der Waals surface area contributed by atoms with E-state index in [-0.39, 0.29) is 18.4 Å². The monoisotopic (exact) mass is 429 g/mol. The summed E-state index contributed by atoms with van der Waals surface area (Å²) >= 11 is 0. The molecule has 10 heteroatoms. The first-order chi connectivity index (χ1) is 14.9. The third-order valence-electron chi connectivity index (χ3n) is 4.62. The molecule has 164 valence electrons. The van der Waals surface area contributed by atoms with Crippen LogP contribution in [-0.2, 0) is 9.47 Å². The van der Waals surface area contributed by atoms with E-state index in [0.717, 1.165) is 0 Å². The number of nitrogens with zero attached hydrogens (tertiary/aromatic N) is 3. The van der Waals surface area contributed by atoms with Crippen LogP contribution in [0.2, 0.25) is 0 Å². The normalized spacial score (nSPS) is 21.2. The summed E-state index contributed by atoms with van der Waals surface area (Å²) in [5, 5.41) is 8.93. The Morgan fingerprint density at radius 1 is 1.23 bits per heavy atom. The molecule has 31 heavy (non-hydrogen) atoms. The number of rotatable bonds is 7. The Morgan fingerprint density at radius 3 is 2.68 bits per heavy atom. The summed E-state index contributed by atoms with van der Waals surface area (Å²) < 4.78 is 30.4. The van der Waals surface area contributed by atoms with Crippen molar-refractivity contribution in [1.29, 1.82) is 0 Å². The third-order valence-corrected chi connectivity index (χ3v) is 4.62. The van der Waals surface area contributed by atoms with Crippen molar-refractivity contribution in [3.05, 3.63) is 48.2 Å². The molecule has 0 bridgehead atoms. The summed E-state index contributed by atoms with van der Waals surface area (Å²) in [6.45, 7) is 2.79. The highest BCUT2D eigenvalue weighted by Gasteiger charge is 2.32. The topological polar surface area (TPSA) is 128 Å². The van der Waals surface area contributed by atoms with E-state index in [2.05, 4.69) is 19.9 Å². The summed E-state index contributed by atoms with van der Waals surface area (Å²) in [6, 6.07) is 7.89. The molecule has 0 unspecified atom stereocenters. The molecule has 2 aromatic heterocycles. The number of hydrogen-bond donors (Lipinski definition) is 3. The standard InChI is InChI=1S/C21H24FN5O4/c1-21(23)11-30-19(31-12-21)18-26-16(13-3-5-14(22)6-4-13)17(27-18)15-7-8-24-20(25-15)29-10-2-9-28/h3-8,19,28H,2,9-12,23H2,1H3,(H,26,27). The number of aliphatic hydroxyl groups is 1. The number of imidazole rings is 1. The minimum atomic E-state index is -0.716. The maximum atomic E-state index is 13.5. The largest absolute Gasteiger partial charge is 0.463 e. The molecule has 3 heterocycles. The van der Waals surface area contributed by atoms with Crippen LogP contribution in [0.25, 0.3) is 22.6 Å². The lowest BCUT2D eigenvalue weighted by Gasteiger charge is -2.33. The number of aromatic nitrogens is 4. The lowest BCUT2D eigenvalue weighted by atomic mass is 10.1. The predicted molar refractivity (Wildman–Crippen MR) is 109 cm³/mol. The number of H-pyrrole nitrogens is 1. The molecule has 4 rings (SSSR count). The Balaban J connectivity index is 1.69. The lowest BCUT2D eigenvalue weighted by molar-refractivity contribution is -0.211. The summed E-state index contributed by atoms with van der Waals surface area (Å²) in [6.07, 6.45) is 1.32. The highest BCUT2D eigenvalue weighted by atomic mass is 19.1. The van der Waals surface area contributed by atoms with Gasteiger partial charge in [0.05, 0.1) is 42.4 Å². The van der Waals surface area contributed by atoms with Crippen molar-refractivity contribution < 1.29 is 23.7 Å². The summed E-state index contributed by atoms with van der Waals surface area (Å²) in [5.41, 5.74) is 7.86. The van der Waals surface area contributed by atoms with Gasteiger partial charge in [-0.05, 0) is 37.3 Å². The highest BCUT2D eigenvalue weighted by molar-refractivity contribution is 5.76. The molecule has 1 aliphatic heterocycles. The molecule has 9 nitrogen and oxygen atoms in total. The zero-order valence-corrected chi connectivity index (χ0v) is 17.0. The number of nitrogens with two attached hydrogens (primary N) is 1. The first-order valence-corrected chi connectivity index (χ1v) is 9.90. The van der Waals surface area contributed by atoms with Gasteiger partial charge in [-0.15, -0.1) is 0 Å². The van der Waals surface area contributed by atoms with Gasteiger partial charge in [0.15, 0.2) is 5.82 Å². The molecule has 0 radical (unpaired) electrons. The summed E-state index contributed by atoms with van der Waals surface area (Å²) in [5.74, 6) is 0.107. The van der Waals surface area contributed by atoms with Gasteiger partial charge in [-0.1, -0.05) is 0 Å². The van der Waals surface area contributed by atoms with Crippen molar-refractivity contribution in [2.45, 2.75) is 25.2 Å². The van der Waals surface area contributed by atoms with E-state index in [1.165, 1.54) is 12.1 Å². The molecule has 0 spiro atoms. The van der Waals surface area contributed by atoms with Gasteiger partial charge in [0.2, 0.25) is 6.29 Å². The molecule has 0 amide bonds. The van der Waals surface area contributed by atoms with E-state index in [1.54, 1.807) is 24.4 Å². The maximum Gasteiger partial charge on any atom is 0.316 e. The molecular formula is C21H24FN5O4. The number of aromatic amines is 1. The van der Waals surface area contributed by atoms with Gasteiger partial charge in [0.25, 0.3) is 0 Å². The van der Waals surface area contributed by atoms with Gasteiger partial charge in [-0.2, -0.15) is 4.98 Å². The Labute approximate surface area is 178 Å². The Morgan fingerprint density at radius 2 is 1.97 bits per heavy atom. The number of halogens is 1. The summed E-state index contributed by atoms with van der Waals surface area (Å²) in [4.78, 5) is 16.4. The van der Waals surface area contributed by atoms with E-state index in [0.29, 0.717) is 54.7 Å². The first kappa shape index (κ1) is 21.3. The smallest absolute Gasteiger partial charge is 0.316 e. The van der Waals surface area contributed by atoms with Gasteiger partial charge in [0, 0.05) is 24.8 Å². The van der Waals surface area contributed by atoms with E-state index < -0.39 is 11.8 Å². The molecule has 1 aliphatic rings. The maximum absolute atomic E-state index is 13.5. The van der Waals surface area contributed by atoms with Crippen LogP contribution in [0.5, 0.6) is 6.01 Å². The fourth-order valence-corrected chi connectivity index (χ4v) is 3.06. The van der Waals surface area contributed by atoms with E-state index in [4.69, 9.17) is 25.1 Å². The molecule has 1 saturated heterocycles. The lowest BCUT2D eigenvalue weighted by Crippen LogP contribution is -2.50. The zero-order chi connectivity index (χ0) is 21.8. The molecule has 1 aromatic carbocycles. The van der Waals surface area contributed by atoms with Crippen molar-refractivity contribution in [3.8, 4) is 28.7 Å². The van der Waals surface area contributed by atoms with Gasteiger partial charge in [-0.25, -0.2) is 14.4 Å². The average Bonchev–Trinajstić information content (AvgIpc) is 3.20. The highest BCUT2D eigenvalue weighted by Crippen LogP contribution is 2.33. The number of ether oxygens (including phenoxy) is 3. The van der Waals surface area contributed by atoms with E-state index >= 15 is 0 Å². The van der Waals surface area contributed by atoms with Crippen LogP contribution >= 0.6 is 0 Å². The SMILES string of the molecule is CC1(N)COC(c2nc(-c3ccc(F)cc3)c(-c3ccnc(OCCCO)n3)[nH]2)OC1. The number of nitrogens with one attached hydrogen (secondary N) is 1. The van der Waals surface area contributed by atoms with Crippen LogP contribution in [0.4, 0.5) is 4.39 Å². The number of aliphatic hydroxyl groups excluding tert-OH is 1. The Hall–Kier alpha value is -2.92. The molecule has 4 N–H and O–H groups in total. The van der Waals surface area contributed by atoms with Crippen molar-refractivity contribution in [2.75, 3.05) is 26.4 Å². The zero-order valence-electron chi connectivity index (χ0n) is 17.0. The predicted octanol–water partition coefficient (Wildman–Crippen LogP) is 2.20. The molecule has 1 fully saturated rings. The second kappa shape index (κ2) is 9.06. The third kappa shape index (κ3) is 5.05. The van der Waals surface area contributed by atoms with Crippen LogP contribution in [0.3, 0.4) is 0 Å². The minimum absolute atomic E-state index is 0.0154. The second-order valence-corrected chi connectivity index (χ2v) is 7.61. The number of benzene rings is 1. The van der Waals surface area contributed by atoms with Crippen LogP contribution in [0.15, 0.2) is 36.5 Å². The fourth-order valence-electron chi connectivity index (χ4n) is 3.06. The van der Waals surface area contributed by atoms with Gasteiger partial charge in [-0.3, -0.25) is 0 Å². The van der Waals surface area contributed by atoms with Gasteiger partial charge >= 0.3 is 6.01 Å². The molecule has 0 atom stereocenters. The van der Waals surface area contributed by atoms with Crippen LogP contribution < -0.4 is 10.5 Å². The fraction of sp³-hybridized carbons (Fsp3) is 0.381. The molecular weight excluding hydrogens is 405 g/mol. The van der Waals surface area contributed by atoms with E-state index in [9.17, 15) is 4.39 Å². The minimum Gasteiger partial charge on any atom is -0.463 e. The van der Waals surface area contributed by atoms with Crippen molar-refractivity contribution in [1.82, 2.24) is 19.9 Å². The average molecular weight is 429 g/mol. The quantitative estimate of drug-likeness (QED) is 0.488. The van der Waals surface area contributed by atoms with Crippen molar-refractivity contribution >= 4 is 0 Å². The molecule has 0 saturated carbocycles. The van der Waals surface area contributed by atoms with Crippen LogP contribution in [-0.4, -0.2) is 57.0 Å². The summed E-state index contributed by atoms with van der Waals surface area (Å²) in [7, 11) is 0. The van der Waals surface area contributed by atoms with Crippen LogP contribution in [0.1, 0.15) is 25.5 Å². The van der Waals surface area contributed by atoms with Crippen molar-refractivity contribution in [3.63, 3.8) is 0 Å². The molecule has 3 aromatic rings. The van der Waals surface area contributed by atoms with Gasteiger partial charge in [0.1, 0.15) is 5.82 Å². The Kier molecular flexibility index (Phi) is 6.23. The first-order valence-electron chi connectivity index (χ1n) is 9.90. The van der Waals surface area contributed by atoms with Crippen LogP contribution in [0, 0.1) is 5.82 Å². The van der Waals surface area contributed by atoms with Gasteiger partial charge < -0.3 is 30.0 Å².